The Morgan fingerprint density at radius 3 is 2.20 bits per heavy atom. The minimum absolute atomic E-state index is 0.00102. The maximum absolute atomic E-state index is 13.0. The number of amides is 1. The number of carbonyl (C=O) groups is 2. The van der Waals surface area contributed by atoms with Crippen LogP contribution in [-0.2, 0) is 19.9 Å². The summed E-state index contributed by atoms with van der Waals surface area (Å²) in [5.74, 6) is -1.04. The van der Waals surface area contributed by atoms with Crippen LogP contribution in [0.1, 0.15) is 35.6 Å². The molecule has 1 fully saturated rings. The van der Waals surface area contributed by atoms with Crippen LogP contribution in [0.2, 0.25) is 0 Å². The van der Waals surface area contributed by atoms with E-state index >= 15 is 0 Å². The molecule has 0 atom stereocenters. The summed E-state index contributed by atoms with van der Waals surface area (Å²) in [6.45, 7) is 0.600. The zero-order valence-corrected chi connectivity index (χ0v) is 20.6. The van der Waals surface area contributed by atoms with Gasteiger partial charge in [0, 0.05) is 29.7 Å². The highest BCUT2D eigenvalue weighted by Gasteiger charge is 2.41. The van der Waals surface area contributed by atoms with Gasteiger partial charge in [-0.25, -0.2) is 9.59 Å². The molecule has 1 aliphatic heterocycles. The smallest absolute Gasteiger partial charge is 0.409 e. The quantitative estimate of drug-likeness (QED) is 0.466. The van der Waals surface area contributed by atoms with Gasteiger partial charge in [-0.2, -0.15) is 0 Å². The summed E-state index contributed by atoms with van der Waals surface area (Å²) in [5, 5.41) is 9.17. The number of hydrogen-bond donors (Lipinski definition) is 1. The summed E-state index contributed by atoms with van der Waals surface area (Å²) in [7, 11) is 0. The molecular formula is C27H25BrN2O5. The van der Waals surface area contributed by atoms with Gasteiger partial charge < -0.3 is 19.5 Å². The van der Waals surface area contributed by atoms with E-state index in [0.717, 1.165) is 4.47 Å². The normalized spacial score (nSPS) is 16.4. The van der Waals surface area contributed by atoms with Gasteiger partial charge in [0.2, 0.25) is 0 Å². The standard InChI is InChI=1S/C27H25BrN2O5/c28-18-9-10-24(29-15-18)27(35-17-25(31)32)11-13-30(14-12-27)26(33)34-16-23-21-7-3-1-5-19(21)20-6-2-4-8-22(20)23/h1-10,15,23H,11-14,16-17H2,(H,31,32). The lowest BCUT2D eigenvalue weighted by atomic mass is 9.87. The van der Waals surface area contributed by atoms with Gasteiger partial charge in [-0.1, -0.05) is 48.5 Å². The molecule has 0 saturated carbocycles. The van der Waals surface area contributed by atoms with E-state index in [1.54, 1.807) is 11.1 Å². The molecule has 7 nitrogen and oxygen atoms in total. The van der Waals surface area contributed by atoms with Gasteiger partial charge in [-0.15, -0.1) is 0 Å². The highest BCUT2D eigenvalue weighted by atomic mass is 79.9. The minimum atomic E-state index is -1.04. The van der Waals surface area contributed by atoms with E-state index in [9.17, 15) is 9.59 Å². The van der Waals surface area contributed by atoms with Gasteiger partial charge >= 0.3 is 12.1 Å². The average molecular weight is 537 g/mol. The molecule has 0 unspecified atom stereocenters. The van der Waals surface area contributed by atoms with Gasteiger partial charge in [0.15, 0.2) is 0 Å². The van der Waals surface area contributed by atoms with Crippen LogP contribution in [-0.4, -0.2) is 53.4 Å². The molecule has 8 heteroatoms. The molecule has 0 radical (unpaired) electrons. The van der Waals surface area contributed by atoms with E-state index in [-0.39, 0.29) is 18.6 Å². The van der Waals surface area contributed by atoms with Crippen molar-refractivity contribution in [3.63, 3.8) is 0 Å². The van der Waals surface area contributed by atoms with Crippen LogP contribution < -0.4 is 0 Å². The second-order valence-electron chi connectivity index (χ2n) is 8.83. The largest absolute Gasteiger partial charge is 0.480 e. The lowest BCUT2D eigenvalue weighted by molar-refractivity contribution is -0.155. The van der Waals surface area contributed by atoms with Crippen LogP contribution in [0, 0.1) is 0 Å². The van der Waals surface area contributed by atoms with Gasteiger partial charge in [0.1, 0.15) is 18.8 Å². The van der Waals surface area contributed by atoms with Crippen molar-refractivity contribution >= 4 is 28.0 Å². The Balaban J connectivity index is 1.26. The molecule has 0 spiro atoms. The van der Waals surface area contributed by atoms with Gasteiger partial charge in [0.05, 0.1) is 5.69 Å². The van der Waals surface area contributed by atoms with E-state index < -0.39 is 18.2 Å². The first-order valence-corrected chi connectivity index (χ1v) is 12.3. The van der Waals surface area contributed by atoms with Crippen LogP contribution in [0.5, 0.6) is 0 Å². The number of benzene rings is 2. The number of hydrogen-bond acceptors (Lipinski definition) is 5. The molecule has 1 aromatic heterocycles. The summed E-state index contributed by atoms with van der Waals surface area (Å²) in [6, 6.07) is 20.1. The fraction of sp³-hybridized carbons (Fsp3) is 0.296. The third-order valence-corrected chi connectivity index (χ3v) is 7.30. The van der Waals surface area contributed by atoms with Gasteiger partial charge in [-0.05, 0) is 63.2 Å². The number of nitrogens with zero attached hydrogens (tertiary/aromatic N) is 2. The number of aliphatic carboxylic acids is 1. The third-order valence-electron chi connectivity index (χ3n) is 6.83. The molecule has 2 aliphatic rings. The Morgan fingerprint density at radius 2 is 1.63 bits per heavy atom. The molecule has 5 rings (SSSR count). The van der Waals surface area contributed by atoms with Gasteiger partial charge in [-0.3, -0.25) is 4.98 Å². The number of rotatable bonds is 6. The van der Waals surface area contributed by atoms with Crippen molar-refractivity contribution in [2.75, 3.05) is 26.3 Å². The first-order valence-electron chi connectivity index (χ1n) is 11.5. The molecule has 2 heterocycles. The SMILES string of the molecule is O=C(O)COC1(c2ccc(Br)cn2)CCN(C(=O)OCC2c3ccccc3-c3ccccc32)CC1. The predicted octanol–water partition coefficient (Wildman–Crippen LogP) is 5.19. The monoisotopic (exact) mass is 536 g/mol. The molecule has 1 N–H and O–H groups in total. The van der Waals surface area contributed by atoms with Crippen molar-refractivity contribution < 1.29 is 24.2 Å². The van der Waals surface area contributed by atoms with Gasteiger partial charge in [0.25, 0.3) is 0 Å². The van der Waals surface area contributed by atoms with Crippen LogP contribution in [0.15, 0.2) is 71.3 Å². The van der Waals surface area contributed by atoms with Crippen LogP contribution >= 0.6 is 15.9 Å². The van der Waals surface area contributed by atoms with E-state index in [4.69, 9.17) is 14.6 Å². The molecule has 35 heavy (non-hydrogen) atoms. The Bertz CT molecular complexity index is 1190. The summed E-state index contributed by atoms with van der Waals surface area (Å²) in [5.41, 5.74) is 4.51. The minimum Gasteiger partial charge on any atom is -0.480 e. The molecule has 1 aliphatic carbocycles. The fourth-order valence-corrected chi connectivity index (χ4v) is 5.29. The highest BCUT2D eigenvalue weighted by molar-refractivity contribution is 9.10. The predicted molar refractivity (Wildman–Crippen MR) is 133 cm³/mol. The fourth-order valence-electron chi connectivity index (χ4n) is 5.06. The second kappa shape index (κ2) is 9.79. The molecule has 0 bridgehead atoms. The Kier molecular flexibility index (Phi) is 6.58. The van der Waals surface area contributed by atoms with E-state index in [0.29, 0.717) is 31.6 Å². The molecule has 1 amide bonds. The van der Waals surface area contributed by atoms with Crippen LogP contribution in [0.3, 0.4) is 0 Å². The maximum Gasteiger partial charge on any atom is 0.409 e. The molecule has 180 valence electrons. The summed E-state index contributed by atoms with van der Waals surface area (Å²) < 4.78 is 12.5. The van der Waals surface area contributed by atoms with E-state index in [1.807, 2.05) is 36.4 Å². The van der Waals surface area contributed by atoms with Crippen LogP contribution in [0.4, 0.5) is 4.79 Å². The van der Waals surface area contributed by atoms with Crippen molar-refractivity contribution in [2.24, 2.45) is 0 Å². The number of fused-ring (bicyclic) bond motifs is 3. The number of carboxylic acids is 1. The van der Waals surface area contributed by atoms with E-state index in [2.05, 4.69) is 45.2 Å². The van der Waals surface area contributed by atoms with Crippen LogP contribution in [0.25, 0.3) is 11.1 Å². The number of ether oxygens (including phenoxy) is 2. The van der Waals surface area contributed by atoms with Crippen molar-refractivity contribution in [3.05, 3.63) is 88.2 Å². The molecule has 1 saturated heterocycles. The maximum atomic E-state index is 13.0. The van der Waals surface area contributed by atoms with Crippen molar-refractivity contribution in [1.29, 1.82) is 0 Å². The summed E-state index contributed by atoms with van der Waals surface area (Å²) >= 11 is 3.38. The molecular weight excluding hydrogens is 512 g/mol. The average Bonchev–Trinajstić information content (AvgIpc) is 3.20. The number of likely N-dealkylation sites (tertiary alicyclic amines) is 1. The van der Waals surface area contributed by atoms with E-state index in [1.165, 1.54) is 22.3 Å². The first kappa shape index (κ1) is 23.5. The summed E-state index contributed by atoms with van der Waals surface area (Å²) in [6.07, 6.45) is 2.15. The summed E-state index contributed by atoms with van der Waals surface area (Å²) in [4.78, 5) is 30.3. The highest BCUT2D eigenvalue weighted by Crippen LogP contribution is 2.44. The number of halogens is 1. The zero-order valence-electron chi connectivity index (χ0n) is 19.0. The molecule has 3 aromatic rings. The number of carboxylic acid groups (broad SMARTS) is 1. The third kappa shape index (κ3) is 4.68. The van der Waals surface area contributed by atoms with Crippen molar-refractivity contribution in [3.8, 4) is 11.1 Å². The number of carbonyl (C=O) groups excluding carboxylic acids is 1. The topological polar surface area (TPSA) is 89.0 Å². The Morgan fingerprint density at radius 1 is 1.00 bits per heavy atom. The zero-order chi connectivity index (χ0) is 24.4. The number of aromatic nitrogens is 1. The number of pyridine rings is 1. The lowest BCUT2D eigenvalue weighted by Gasteiger charge is -2.40. The lowest BCUT2D eigenvalue weighted by Crippen LogP contribution is -2.47. The Labute approximate surface area is 211 Å². The number of piperidine rings is 1. The Hall–Kier alpha value is -3.23. The second-order valence-corrected chi connectivity index (χ2v) is 9.75. The van der Waals surface area contributed by atoms with Crippen molar-refractivity contribution in [2.45, 2.75) is 24.4 Å². The first-order chi connectivity index (χ1) is 17.0. The van der Waals surface area contributed by atoms with Crippen molar-refractivity contribution in [1.82, 2.24) is 9.88 Å². The molecule has 2 aromatic carbocycles.